The average Bonchev–Trinajstić information content (AvgIpc) is 3.21. The first-order valence-corrected chi connectivity index (χ1v) is 7.87. The highest BCUT2D eigenvalue weighted by Crippen LogP contribution is 2.27. The maximum atomic E-state index is 12.4. The van der Waals surface area contributed by atoms with Crippen LogP contribution in [0.2, 0.25) is 0 Å². The number of amides is 1. The predicted molar refractivity (Wildman–Crippen MR) is 84.3 cm³/mol. The van der Waals surface area contributed by atoms with Gasteiger partial charge in [-0.15, -0.1) is 0 Å². The largest absolute Gasteiger partial charge is 0.496 e. The maximum absolute atomic E-state index is 12.4. The molecule has 1 aromatic heterocycles. The van der Waals surface area contributed by atoms with Gasteiger partial charge in [0.2, 0.25) is 11.8 Å². The molecule has 1 aromatic carbocycles. The standard InChI is InChI=1S/C17H21N3O3/c1-12-18-17(23-19-12)14-9-10-20(11-14)16(21)8-7-13-5-3-4-6-15(13)22-2/h3-6,14H,7-11H2,1-2H3/t14-/m1/s1. The summed E-state index contributed by atoms with van der Waals surface area (Å²) in [6, 6.07) is 7.82. The van der Waals surface area contributed by atoms with E-state index in [1.54, 1.807) is 14.0 Å². The second-order valence-corrected chi connectivity index (χ2v) is 5.82. The van der Waals surface area contributed by atoms with Crippen LogP contribution in [-0.4, -0.2) is 41.1 Å². The summed E-state index contributed by atoms with van der Waals surface area (Å²) in [5, 5.41) is 3.82. The highest BCUT2D eigenvalue weighted by atomic mass is 16.5. The van der Waals surface area contributed by atoms with E-state index in [4.69, 9.17) is 9.26 Å². The topological polar surface area (TPSA) is 68.5 Å². The normalized spacial score (nSPS) is 17.5. The molecule has 1 amide bonds. The molecule has 0 bridgehead atoms. The Balaban J connectivity index is 1.55. The number of aromatic nitrogens is 2. The van der Waals surface area contributed by atoms with Gasteiger partial charge in [0.25, 0.3) is 0 Å². The lowest BCUT2D eigenvalue weighted by Crippen LogP contribution is -2.28. The number of carbonyl (C=O) groups is 1. The molecule has 23 heavy (non-hydrogen) atoms. The highest BCUT2D eigenvalue weighted by molar-refractivity contribution is 5.77. The molecular weight excluding hydrogens is 294 g/mol. The molecule has 2 aromatic rings. The van der Waals surface area contributed by atoms with Gasteiger partial charge in [-0.05, 0) is 31.4 Å². The van der Waals surface area contributed by atoms with Crippen LogP contribution in [0.4, 0.5) is 0 Å². The summed E-state index contributed by atoms with van der Waals surface area (Å²) in [4.78, 5) is 18.6. The van der Waals surface area contributed by atoms with E-state index >= 15 is 0 Å². The molecule has 1 atom stereocenters. The number of aryl methyl sites for hydroxylation is 2. The van der Waals surface area contributed by atoms with Gasteiger partial charge in [0, 0.05) is 19.5 Å². The third-order valence-corrected chi connectivity index (χ3v) is 4.23. The highest BCUT2D eigenvalue weighted by Gasteiger charge is 2.30. The first kappa shape index (κ1) is 15.5. The van der Waals surface area contributed by atoms with Crippen molar-refractivity contribution in [1.82, 2.24) is 15.0 Å². The number of nitrogens with zero attached hydrogens (tertiary/aromatic N) is 3. The van der Waals surface area contributed by atoms with E-state index < -0.39 is 0 Å². The summed E-state index contributed by atoms with van der Waals surface area (Å²) in [5.74, 6) is 2.44. The SMILES string of the molecule is COc1ccccc1CCC(=O)N1CC[C@@H](c2nc(C)no2)C1. The maximum Gasteiger partial charge on any atom is 0.231 e. The molecule has 1 aliphatic heterocycles. The van der Waals surface area contributed by atoms with Crippen LogP contribution < -0.4 is 4.74 Å². The molecule has 0 N–H and O–H groups in total. The van der Waals surface area contributed by atoms with E-state index in [0.29, 0.717) is 31.1 Å². The van der Waals surface area contributed by atoms with Gasteiger partial charge in [-0.1, -0.05) is 23.4 Å². The number of hydrogen-bond acceptors (Lipinski definition) is 5. The summed E-state index contributed by atoms with van der Waals surface area (Å²) in [6.45, 7) is 3.21. The average molecular weight is 315 g/mol. The molecule has 0 spiro atoms. The van der Waals surface area contributed by atoms with Crippen molar-refractivity contribution in [2.45, 2.75) is 32.1 Å². The second-order valence-electron chi connectivity index (χ2n) is 5.82. The minimum Gasteiger partial charge on any atom is -0.496 e. The lowest BCUT2D eigenvalue weighted by molar-refractivity contribution is -0.130. The first-order chi connectivity index (χ1) is 11.2. The van der Waals surface area contributed by atoms with Gasteiger partial charge in [0.15, 0.2) is 5.82 Å². The summed E-state index contributed by atoms with van der Waals surface area (Å²) in [7, 11) is 1.65. The van der Waals surface area contributed by atoms with Crippen molar-refractivity contribution in [2.75, 3.05) is 20.2 Å². The third kappa shape index (κ3) is 3.52. The Morgan fingerprint density at radius 3 is 3.00 bits per heavy atom. The monoisotopic (exact) mass is 315 g/mol. The molecule has 1 fully saturated rings. The fourth-order valence-corrected chi connectivity index (χ4v) is 2.98. The number of methoxy groups -OCH3 is 1. The number of carbonyl (C=O) groups excluding carboxylic acids is 1. The van der Waals surface area contributed by atoms with Crippen molar-refractivity contribution in [3.63, 3.8) is 0 Å². The molecular formula is C17H21N3O3. The zero-order valence-corrected chi connectivity index (χ0v) is 13.5. The lowest BCUT2D eigenvalue weighted by Gasteiger charge is -2.16. The fraction of sp³-hybridized carbons (Fsp3) is 0.471. The van der Waals surface area contributed by atoms with Crippen molar-refractivity contribution in [1.29, 1.82) is 0 Å². The van der Waals surface area contributed by atoms with E-state index in [0.717, 1.165) is 24.3 Å². The van der Waals surface area contributed by atoms with Gasteiger partial charge in [-0.25, -0.2) is 0 Å². The summed E-state index contributed by atoms with van der Waals surface area (Å²) in [6.07, 6.45) is 2.04. The molecule has 122 valence electrons. The van der Waals surface area contributed by atoms with Crippen molar-refractivity contribution in [3.05, 3.63) is 41.5 Å². The van der Waals surface area contributed by atoms with Gasteiger partial charge >= 0.3 is 0 Å². The minimum absolute atomic E-state index is 0.159. The van der Waals surface area contributed by atoms with Crippen LogP contribution in [0.15, 0.2) is 28.8 Å². The summed E-state index contributed by atoms with van der Waals surface area (Å²) < 4.78 is 10.5. The molecule has 6 heteroatoms. The van der Waals surface area contributed by atoms with Crippen LogP contribution in [-0.2, 0) is 11.2 Å². The van der Waals surface area contributed by atoms with Gasteiger partial charge in [-0.3, -0.25) is 4.79 Å². The molecule has 6 nitrogen and oxygen atoms in total. The van der Waals surface area contributed by atoms with Crippen LogP contribution in [0.25, 0.3) is 0 Å². The number of benzene rings is 1. The Hall–Kier alpha value is -2.37. The van der Waals surface area contributed by atoms with E-state index in [9.17, 15) is 4.79 Å². The van der Waals surface area contributed by atoms with E-state index in [1.165, 1.54) is 0 Å². The first-order valence-electron chi connectivity index (χ1n) is 7.87. The molecule has 3 rings (SSSR count). The Morgan fingerprint density at radius 2 is 2.26 bits per heavy atom. The molecule has 0 unspecified atom stereocenters. The Labute approximate surface area is 135 Å². The molecule has 0 radical (unpaired) electrons. The molecule has 0 saturated carbocycles. The van der Waals surface area contributed by atoms with Crippen LogP contribution in [0.5, 0.6) is 5.75 Å². The number of ether oxygens (including phenoxy) is 1. The quantitative estimate of drug-likeness (QED) is 0.847. The van der Waals surface area contributed by atoms with Gasteiger partial charge in [0.05, 0.1) is 13.0 Å². The smallest absolute Gasteiger partial charge is 0.231 e. The molecule has 0 aliphatic carbocycles. The Kier molecular flexibility index (Phi) is 4.60. The van der Waals surface area contributed by atoms with E-state index in [2.05, 4.69) is 10.1 Å². The van der Waals surface area contributed by atoms with Crippen LogP contribution in [0, 0.1) is 6.92 Å². The van der Waals surface area contributed by atoms with Crippen molar-refractivity contribution >= 4 is 5.91 Å². The number of likely N-dealkylation sites (tertiary alicyclic amines) is 1. The van der Waals surface area contributed by atoms with Crippen molar-refractivity contribution in [2.24, 2.45) is 0 Å². The summed E-state index contributed by atoms with van der Waals surface area (Å²) in [5.41, 5.74) is 1.06. The number of rotatable bonds is 5. The predicted octanol–water partition coefficient (Wildman–Crippen LogP) is 2.34. The Morgan fingerprint density at radius 1 is 1.43 bits per heavy atom. The fourth-order valence-electron chi connectivity index (χ4n) is 2.98. The van der Waals surface area contributed by atoms with Gasteiger partial charge < -0.3 is 14.2 Å². The lowest BCUT2D eigenvalue weighted by atomic mass is 10.1. The molecule has 1 aliphatic rings. The summed E-state index contributed by atoms with van der Waals surface area (Å²) >= 11 is 0. The van der Waals surface area contributed by atoms with Gasteiger partial charge in [0.1, 0.15) is 5.75 Å². The van der Waals surface area contributed by atoms with Crippen molar-refractivity contribution in [3.8, 4) is 5.75 Å². The minimum atomic E-state index is 0.159. The second kappa shape index (κ2) is 6.81. The van der Waals surface area contributed by atoms with Crippen LogP contribution >= 0.6 is 0 Å². The Bertz CT molecular complexity index is 683. The zero-order valence-electron chi connectivity index (χ0n) is 13.5. The third-order valence-electron chi connectivity index (χ3n) is 4.23. The van der Waals surface area contributed by atoms with E-state index in [1.807, 2.05) is 29.2 Å². The number of hydrogen-bond donors (Lipinski definition) is 0. The van der Waals surface area contributed by atoms with Gasteiger partial charge in [-0.2, -0.15) is 4.98 Å². The van der Waals surface area contributed by atoms with Crippen molar-refractivity contribution < 1.29 is 14.1 Å². The van der Waals surface area contributed by atoms with Crippen LogP contribution in [0.3, 0.4) is 0 Å². The zero-order chi connectivity index (χ0) is 16.2. The number of para-hydroxylation sites is 1. The molecule has 2 heterocycles. The molecule has 1 saturated heterocycles. The van der Waals surface area contributed by atoms with Crippen LogP contribution in [0.1, 0.15) is 36.0 Å². The van der Waals surface area contributed by atoms with E-state index in [-0.39, 0.29) is 11.8 Å².